The Morgan fingerprint density at radius 1 is 1.22 bits per heavy atom. The van der Waals surface area contributed by atoms with E-state index in [1.807, 2.05) is 32.9 Å². The van der Waals surface area contributed by atoms with Crippen LogP contribution in [0, 0.1) is 5.92 Å². The lowest BCUT2D eigenvalue weighted by Gasteiger charge is -2.39. The molecule has 3 heterocycles. The predicted octanol–water partition coefficient (Wildman–Crippen LogP) is 2.62. The molecule has 1 spiro atoms. The first kappa shape index (κ1) is 29.5. The van der Waals surface area contributed by atoms with Gasteiger partial charge in [-0.25, -0.2) is 0 Å². The van der Waals surface area contributed by atoms with Gasteiger partial charge in [-0.05, 0) is 39.5 Å². The second kappa shape index (κ2) is 13.2. The van der Waals surface area contributed by atoms with Crippen LogP contribution in [0.3, 0.4) is 0 Å². The molecule has 3 aliphatic heterocycles. The summed E-state index contributed by atoms with van der Waals surface area (Å²) in [5.74, 6) is -0.216. The molecule has 1 unspecified atom stereocenters. The second-order valence-electron chi connectivity index (χ2n) is 10.6. The quantitative estimate of drug-likeness (QED) is 0.195. The monoisotopic (exact) mass is 521 g/mol. The number of aliphatic hydroxyl groups excluding tert-OH is 1. The Labute approximate surface area is 220 Å². The summed E-state index contributed by atoms with van der Waals surface area (Å²) in [6, 6.07) is -0.0499. The van der Waals surface area contributed by atoms with Crippen LogP contribution in [0.25, 0.3) is 0 Å². The molecule has 3 fully saturated rings. The van der Waals surface area contributed by atoms with E-state index < -0.39 is 17.8 Å². The molecular weight excluding hydrogens is 478 g/mol. The summed E-state index contributed by atoms with van der Waals surface area (Å²) in [5, 5.41) is 13.8. The van der Waals surface area contributed by atoms with Crippen LogP contribution in [0.5, 0.6) is 0 Å². The summed E-state index contributed by atoms with van der Waals surface area (Å²) < 4.78 is 27.7. The third-order valence-electron chi connectivity index (χ3n) is 7.57. The number of esters is 1. The number of rotatable bonds is 10. The summed E-state index contributed by atoms with van der Waals surface area (Å²) in [6.45, 7) is 8.46. The number of hydrogen-bond donors (Lipinski definition) is 2. The molecule has 0 aromatic carbocycles. The fourth-order valence-corrected chi connectivity index (χ4v) is 4.93. The molecule has 208 valence electrons. The lowest BCUT2D eigenvalue weighted by molar-refractivity contribution is -0.157. The molecule has 0 aliphatic carbocycles. The molecule has 3 saturated heterocycles. The van der Waals surface area contributed by atoms with Crippen LogP contribution in [0.15, 0.2) is 36.0 Å². The number of methoxy groups -OCH3 is 2. The van der Waals surface area contributed by atoms with Gasteiger partial charge in [0, 0.05) is 19.6 Å². The van der Waals surface area contributed by atoms with Gasteiger partial charge in [0.15, 0.2) is 0 Å². The number of epoxide rings is 1. The first-order valence-electron chi connectivity index (χ1n) is 13.1. The number of hydrogen-bond acceptors (Lipinski definition) is 8. The van der Waals surface area contributed by atoms with Crippen molar-refractivity contribution in [2.24, 2.45) is 5.92 Å². The van der Waals surface area contributed by atoms with Crippen molar-refractivity contribution in [3.05, 3.63) is 36.0 Å². The Morgan fingerprint density at radius 3 is 2.59 bits per heavy atom. The average molecular weight is 522 g/mol. The lowest BCUT2D eigenvalue weighted by atomic mass is 9.87. The van der Waals surface area contributed by atoms with Crippen molar-refractivity contribution < 1.29 is 38.4 Å². The Kier molecular flexibility index (Phi) is 10.5. The topological polar surface area (TPSA) is 116 Å². The highest BCUT2D eigenvalue weighted by molar-refractivity contribution is 5.87. The smallest absolute Gasteiger partial charge is 0.308 e. The van der Waals surface area contributed by atoms with E-state index in [2.05, 4.69) is 18.3 Å². The van der Waals surface area contributed by atoms with Gasteiger partial charge in [0.2, 0.25) is 5.91 Å². The Hall–Kier alpha value is -2.04. The first-order valence-corrected chi connectivity index (χ1v) is 13.1. The van der Waals surface area contributed by atoms with Gasteiger partial charge in [0.25, 0.3) is 0 Å². The largest absolute Gasteiger partial charge is 0.469 e. The number of allylic oxidation sites excluding steroid dienone is 2. The van der Waals surface area contributed by atoms with E-state index in [4.69, 9.17) is 23.7 Å². The molecule has 0 aromatic rings. The zero-order valence-corrected chi connectivity index (χ0v) is 22.8. The van der Waals surface area contributed by atoms with Crippen LogP contribution < -0.4 is 5.32 Å². The minimum atomic E-state index is -0.785. The SMILES string of the molecule is COC(=O)C[C@@H]1CC2(CO2)[C@H](O)[C@@H](/C=C/C(C)=C/C[C@@H]2O[C@H](C)[C@H](NC(=O)/C=C\[C@H](C)OC)C[C@@H]2C)O1. The van der Waals surface area contributed by atoms with Gasteiger partial charge in [-0.2, -0.15) is 0 Å². The molecule has 9 heteroatoms. The van der Waals surface area contributed by atoms with Crippen molar-refractivity contribution in [3.8, 4) is 0 Å². The maximum absolute atomic E-state index is 12.3. The third-order valence-corrected chi connectivity index (χ3v) is 7.57. The Morgan fingerprint density at radius 2 is 1.95 bits per heavy atom. The fraction of sp³-hybridized carbons (Fsp3) is 0.714. The molecule has 1 amide bonds. The van der Waals surface area contributed by atoms with Crippen LogP contribution in [0.1, 0.15) is 53.4 Å². The minimum Gasteiger partial charge on any atom is -0.469 e. The van der Waals surface area contributed by atoms with Crippen molar-refractivity contribution in [2.45, 2.75) is 102 Å². The molecule has 3 rings (SSSR count). The van der Waals surface area contributed by atoms with E-state index in [0.717, 1.165) is 18.4 Å². The standard InChI is InChI=1S/C28H43NO8/c1-17(8-11-24-27(32)28(16-35-28)15-21(37-24)14-26(31)34-6)7-10-23-18(2)13-22(20(4)36-23)29-25(30)12-9-19(3)33-5/h7-9,11-12,18-24,27,32H,10,13-16H2,1-6H3,(H,29,30)/b11-8+,12-9-,17-7+/t18-,19-,20+,21+,22+,23-,24+,27+,28?/m0/s1. The van der Waals surface area contributed by atoms with E-state index in [-0.39, 0.29) is 54.7 Å². The Bertz CT molecular complexity index is 879. The first-order chi connectivity index (χ1) is 17.6. The van der Waals surface area contributed by atoms with Gasteiger partial charge >= 0.3 is 5.97 Å². The van der Waals surface area contributed by atoms with Crippen LogP contribution in [0.2, 0.25) is 0 Å². The highest BCUT2D eigenvalue weighted by Gasteiger charge is 2.58. The van der Waals surface area contributed by atoms with Crippen LogP contribution in [-0.4, -0.2) is 86.1 Å². The van der Waals surface area contributed by atoms with E-state index in [1.165, 1.54) is 13.2 Å². The third kappa shape index (κ3) is 8.22. The lowest BCUT2D eigenvalue weighted by Crippen LogP contribution is -2.50. The van der Waals surface area contributed by atoms with Gasteiger partial charge < -0.3 is 34.1 Å². The maximum atomic E-state index is 12.3. The average Bonchev–Trinajstić information content (AvgIpc) is 3.64. The summed E-state index contributed by atoms with van der Waals surface area (Å²) in [5.41, 5.74) is 0.391. The number of amides is 1. The fourth-order valence-electron chi connectivity index (χ4n) is 4.93. The zero-order valence-electron chi connectivity index (χ0n) is 22.8. The van der Waals surface area contributed by atoms with Crippen LogP contribution >= 0.6 is 0 Å². The predicted molar refractivity (Wildman–Crippen MR) is 138 cm³/mol. The molecule has 37 heavy (non-hydrogen) atoms. The number of carbonyl (C=O) groups excluding carboxylic acids is 2. The minimum absolute atomic E-state index is 0.0413. The summed E-state index contributed by atoms with van der Waals surface area (Å²) >= 11 is 0. The number of carbonyl (C=O) groups is 2. The van der Waals surface area contributed by atoms with Gasteiger partial charge in [-0.1, -0.05) is 36.8 Å². The van der Waals surface area contributed by atoms with Gasteiger partial charge in [-0.3, -0.25) is 9.59 Å². The van der Waals surface area contributed by atoms with E-state index in [9.17, 15) is 14.7 Å². The molecule has 9 atom stereocenters. The van der Waals surface area contributed by atoms with Crippen LogP contribution in [-0.2, 0) is 33.3 Å². The van der Waals surface area contributed by atoms with Crippen molar-refractivity contribution in [3.63, 3.8) is 0 Å². The molecular formula is C28H43NO8. The summed E-state index contributed by atoms with van der Waals surface area (Å²) in [4.78, 5) is 24.0. The van der Waals surface area contributed by atoms with E-state index in [1.54, 1.807) is 13.2 Å². The normalized spacial score (nSPS) is 37.2. The number of nitrogens with one attached hydrogen (secondary N) is 1. The maximum Gasteiger partial charge on any atom is 0.308 e. The summed E-state index contributed by atoms with van der Waals surface area (Å²) in [6.07, 6.45) is 9.40. The van der Waals surface area contributed by atoms with Crippen molar-refractivity contribution in [1.29, 1.82) is 0 Å². The van der Waals surface area contributed by atoms with Crippen molar-refractivity contribution >= 4 is 11.9 Å². The highest BCUT2D eigenvalue weighted by atomic mass is 16.6. The zero-order chi connectivity index (χ0) is 27.2. The highest BCUT2D eigenvalue weighted by Crippen LogP contribution is 2.43. The molecule has 0 bridgehead atoms. The van der Waals surface area contributed by atoms with E-state index in [0.29, 0.717) is 13.0 Å². The Balaban J connectivity index is 1.51. The molecule has 9 nitrogen and oxygen atoms in total. The molecule has 0 saturated carbocycles. The molecule has 0 radical (unpaired) electrons. The van der Waals surface area contributed by atoms with Crippen molar-refractivity contribution in [1.82, 2.24) is 5.32 Å². The number of ether oxygens (including phenoxy) is 5. The van der Waals surface area contributed by atoms with Crippen molar-refractivity contribution in [2.75, 3.05) is 20.8 Å². The van der Waals surface area contributed by atoms with Gasteiger partial charge in [0.1, 0.15) is 17.8 Å². The number of aliphatic hydroxyl groups is 1. The second-order valence-corrected chi connectivity index (χ2v) is 10.6. The van der Waals surface area contributed by atoms with E-state index >= 15 is 0 Å². The summed E-state index contributed by atoms with van der Waals surface area (Å²) in [7, 11) is 2.96. The molecule has 2 N–H and O–H groups in total. The molecule has 0 aromatic heterocycles. The van der Waals surface area contributed by atoms with Crippen LogP contribution in [0.4, 0.5) is 0 Å². The van der Waals surface area contributed by atoms with Gasteiger partial charge in [0.05, 0.1) is 50.6 Å². The van der Waals surface area contributed by atoms with Gasteiger partial charge in [-0.15, -0.1) is 0 Å². The molecule has 3 aliphatic rings.